The maximum absolute atomic E-state index is 5.10. The first-order valence-electron chi connectivity index (χ1n) is 17.7. The topological polar surface area (TPSA) is 17.8 Å². The van der Waals surface area contributed by atoms with Gasteiger partial charge in [0.1, 0.15) is 0 Å². The van der Waals surface area contributed by atoms with E-state index in [4.69, 9.17) is 4.98 Å². The summed E-state index contributed by atoms with van der Waals surface area (Å²) in [5.74, 6) is 0. The molecule has 0 amide bonds. The standard InChI is InChI=1S/C49H30N2S/c1-3-11-32(12-4-1)43-29-35(30-44(50-43)33-13-5-2-6-14-33)31-19-23-36(24-20-31)51-45-17-9-7-15-37(45)40-28-27-39-41(48(40)51)25-21-34-22-26-42-38-16-8-10-18-46(38)52-49(42)47(34)39/h1-30H. The van der Waals surface area contributed by atoms with E-state index < -0.39 is 0 Å². The van der Waals surface area contributed by atoms with E-state index in [1.165, 1.54) is 63.5 Å². The number of thiophene rings is 1. The summed E-state index contributed by atoms with van der Waals surface area (Å²) in [6, 6.07) is 65.9. The van der Waals surface area contributed by atoms with Crippen molar-refractivity contribution in [3.63, 3.8) is 0 Å². The van der Waals surface area contributed by atoms with Crippen molar-refractivity contribution in [2.24, 2.45) is 0 Å². The monoisotopic (exact) mass is 678 g/mol. The first kappa shape index (κ1) is 29.2. The number of rotatable bonds is 4. The highest BCUT2D eigenvalue weighted by molar-refractivity contribution is 7.26. The van der Waals surface area contributed by atoms with Crippen molar-refractivity contribution in [3.05, 3.63) is 182 Å². The third-order valence-corrected chi connectivity index (χ3v) is 11.8. The lowest BCUT2D eigenvalue weighted by Crippen LogP contribution is -1.95. The highest BCUT2D eigenvalue weighted by atomic mass is 32.1. The summed E-state index contributed by atoms with van der Waals surface area (Å²) in [6.45, 7) is 0. The highest BCUT2D eigenvalue weighted by Crippen LogP contribution is 2.44. The van der Waals surface area contributed by atoms with Gasteiger partial charge < -0.3 is 4.57 Å². The average Bonchev–Trinajstić information content (AvgIpc) is 3.77. The molecule has 0 atom stereocenters. The SMILES string of the molecule is c1ccc(-c2cc(-c3ccc(-n4c5ccccc5c5ccc6c(ccc7ccc8c9ccccc9sc8c76)c54)cc3)cc(-c3ccccc3)n2)cc1. The molecule has 11 aromatic rings. The van der Waals surface area contributed by atoms with Crippen LogP contribution >= 0.6 is 11.3 Å². The molecular weight excluding hydrogens is 649 g/mol. The summed E-state index contributed by atoms with van der Waals surface area (Å²) < 4.78 is 5.15. The maximum atomic E-state index is 5.10. The Bertz CT molecular complexity index is 3100. The van der Waals surface area contributed by atoms with E-state index >= 15 is 0 Å². The zero-order valence-corrected chi connectivity index (χ0v) is 28.9. The fourth-order valence-electron chi connectivity index (χ4n) is 8.15. The van der Waals surface area contributed by atoms with Gasteiger partial charge in [-0.25, -0.2) is 4.98 Å². The number of hydrogen-bond donors (Lipinski definition) is 0. The summed E-state index contributed by atoms with van der Waals surface area (Å²) in [5.41, 5.74) is 10.0. The van der Waals surface area contributed by atoms with Gasteiger partial charge in [-0.2, -0.15) is 0 Å². The predicted molar refractivity (Wildman–Crippen MR) is 223 cm³/mol. The van der Waals surface area contributed by atoms with E-state index in [0.29, 0.717) is 0 Å². The molecule has 0 saturated heterocycles. The Morgan fingerprint density at radius 3 is 1.71 bits per heavy atom. The van der Waals surface area contributed by atoms with E-state index in [1.54, 1.807) is 0 Å². The van der Waals surface area contributed by atoms with Crippen LogP contribution in [0.2, 0.25) is 0 Å². The number of pyridine rings is 1. The summed E-state index contributed by atoms with van der Waals surface area (Å²) in [6.07, 6.45) is 0. The zero-order chi connectivity index (χ0) is 34.2. The second-order valence-corrected chi connectivity index (χ2v) is 14.6. The first-order chi connectivity index (χ1) is 25.8. The van der Waals surface area contributed by atoms with Crippen LogP contribution in [0, 0.1) is 0 Å². The van der Waals surface area contributed by atoms with E-state index in [9.17, 15) is 0 Å². The lowest BCUT2D eigenvalue weighted by atomic mass is 9.98. The Morgan fingerprint density at radius 2 is 0.981 bits per heavy atom. The smallest absolute Gasteiger partial charge is 0.0715 e. The fraction of sp³-hybridized carbons (Fsp3) is 0. The molecular formula is C49H30N2S. The third kappa shape index (κ3) is 4.46. The van der Waals surface area contributed by atoms with Crippen LogP contribution in [0.1, 0.15) is 0 Å². The van der Waals surface area contributed by atoms with Crippen molar-refractivity contribution in [1.82, 2.24) is 9.55 Å². The molecule has 0 N–H and O–H groups in total. The molecule has 0 aliphatic heterocycles. The van der Waals surface area contributed by atoms with Crippen LogP contribution in [-0.4, -0.2) is 9.55 Å². The Labute approximate surface area is 304 Å². The van der Waals surface area contributed by atoms with E-state index in [2.05, 4.69) is 187 Å². The van der Waals surface area contributed by atoms with Crippen molar-refractivity contribution in [3.8, 4) is 39.3 Å². The van der Waals surface area contributed by atoms with Gasteiger partial charge in [0.15, 0.2) is 0 Å². The third-order valence-electron chi connectivity index (χ3n) is 10.6. The molecule has 11 rings (SSSR count). The van der Waals surface area contributed by atoms with Crippen LogP contribution in [-0.2, 0) is 0 Å². The molecule has 242 valence electrons. The quantitative estimate of drug-likeness (QED) is 0.169. The van der Waals surface area contributed by atoms with Gasteiger partial charge in [-0.3, -0.25) is 0 Å². The number of fused-ring (bicyclic) bond motifs is 11. The predicted octanol–water partition coefficient (Wildman–Crippen LogP) is 13.9. The minimum atomic E-state index is 0.967. The molecule has 0 fully saturated rings. The molecule has 0 spiro atoms. The number of benzene rings is 8. The van der Waals surface area contributed by atoms with Crippen molar-refractivity contribution in [1.29, 1.82) is 0 Å². The minimum absolute atomic E-state index is 0.967. The van der Waals surface area contributed by atoms with Crippen molar-refractivity contribution in [2.75, 3.05) is 0 Å². The lowest BCUT2D eigenvalue weighted by Gasteiger charge is -2.13. The van der Waals surface area contributed by atoms with Gasteiger partial charge in [0.05, 0.1) is 22.4 Å². The Morgan fingerprint density at radius 1 is 0.404 bits per heavy atom. The second kappa shape index (κ2) is 11.5. The Balaban J connectivity index is 1.12. The second-order valence-electron chi connectivity index (χ2n) is 13.5. The molecule has 8 aromatic carbocycles. The molecule has 2 nitrogen and oxygen atoms in total. The van der Waals surface area contributed by atoms with Crippen LogP contribution in [0.15, 0.2) is 182 Å². The van der Waals surface area contributed by atoms with Gasteiger partial charge in [0.2, 0.25) is 0 Å². The van der Waals surface area contributed by atoms with Gasteiger partial charge >= 0.3 is 0 Å². The molecule has 0 saturated carbocycles. The summed E-state index contributed by atoms with van der Waals surface area (Å²) in [4.78, 5) is 5.10. The van der Waals surface area contributed by atoms with E-state index in [-0.39, 0.29) is 0 Å². The zero-order valence-electron chi connectivity index (χ0n) is 28.1. The molecule has 0 unspecified atom stereocenters. The van der Waals surface area contributed by atoms with Gasteiger partial charge in [0.25, 0.3) is 0 Å². The van der Waals surface area contributed by atoms with Gasteiger partial charge in [-0.1, -0.05) is 146 Å². The number of aromatic nitrogens is 2. The van der Waals surface area contributed by atoms with Crippen molar-refractivity contribution < 1.29 is 0 Å². The van der Waals surface area contributed by atoms with E-state index in [0.717, 1.165) is 39.3 Å². The van der Waals surface area contributed by atoms with Crippen LogP contribution in [0.25, 0.3) is 103 Å². The van der Waals surface area contributed by atoms with Crippen LogP contribution in [0.3, 0.4) is 0 Å². The van der Waals surface area contributed by atoms with Crippen LogP contribution < -0.4 is 0 Å². The van der Waals surface area contributed by atoms with Crippen LogP contribution in [0.5, 0.6) is 0 Å². The maximum Gasteiger partial charge on any atom is 0.0715 e. The lowest BCUT2D eigenvalue weighted by molar-refractivity contribution is 1.19. The Kier molecular flexibility index (Phi) is 6.46. The minimum Gasteiger partial charge on any atom is -0.309 e. The number of hydrogen-bond acceptors (Lipinski definition) is 2. The van der Waals surface area contributed by atoms with Gasteiger partial charge in [0, 0.05) is 58.5 Å². The molecule has 3 heterocycles. The molecule has 0 aliphatic carbocycles. The highest BCUT2D eigenvalue weighted by Gasteiger charge is 2.18. The fourth-order valence-corrected chi connectivity index (χ4v) is 9.42. The van der Waals surface area contributed by atoms with Crippen molar-refractivity contribution in [2.45, 2.75) is 0 Å². The molecule has 52 heavy (non-hydrogen) atoms. The molecule has 0 bridgehead atoms. The summed E-state index contributed by atoms with van der Waals surface area (Å²) in [5, 5.41) is 10.4. The van der Waals surface area contributed by atoms with E-state index in [1.807, 2.05) is 11.3 Å². The number of nitrogens with zero attached hydrogens (tertiary/aromatic N) is 2. The molecule has 0 aliphatic rings. The van der Waals surface area contributed by atoms with Crippen molar-refractivity contribution >= 4 is 74.9 Å². The molecule has 0 radical (unpaired) electrons. The summed E-state index contributed by atoms with van der Waals surface area (Å²) in [7, 11) is 0. The molecule has 3 aromatic heterocycles. The normalized spacial score (nSPS) is 11.8. The first-order valence-corrected chi connectivity index (χ1v) is 18.5. The largest absolute Gasteiger partial charge is 0.309 e. The van der Waals surface area contributed by atoms with Gasteiger partial charge in [-0.05, 0) is 58.3 Å². The Hall–Kier alpha value is -6.55. The number of para-hydroxylation sites is 1. The van der Waals surface area contributed by atoms with Gasteiger partial charge in [-0.15, -0.1) is 11.3 Å². The molecule has 3 heteroatoms. The summed E-state index contributed by atoms with van der Waals surface area (Å²) >= 11 is 1.90. The average molecular weight is 679 g/mol. The van der Waals surface area contributed by atoms with Crippen LogP contribution in [0.4, 0.5) is 0 Å².